The zero-order valence-corrected chi connectivity index (χ0v) is 10.8. The summed E-state index contributed by atoms with van der Waals surface area (Å²) < 4.78 is 9.65. The maximum atomic E-state index is 11.3. The molecule has 0 rings (SSSR count). The Balaban J connectivity index is 3.81. The normalized spacial score (nSPS) is 11.7. The Kier molecular flexibility index (Phi) is 8.01. The van der Waals surface area contributed by atoms with Gasteiger partial charge in [0.15, 0.2) is 0 Å². The Bertz CT molecular complexity index is 347. The molecule has 0 aliphatic carbocycles. The second-order valence-electron chi connectivity index (χ2n) is 3.59. The van der Waals surface area contributed by atoms with E-state index >= 15 is 0 Å². The van der Waals surface area contributed by atoms with Crippen molar-refractivity contribution in [1.29, 1.82) is 0 Å². The van der Waals surface area contributed by atoms with E-state index in [9.17, 15) is 9.59 Å². The Hall–Kier alpha value is -2.04. The van der Waals surface area contributed by atoms with Crippen LogP contribution in [0.3, 0.4) is 0 Å². The summed E-state index contributed by atoms with van der Waals surface area (Å²) in [4.78, 5) is 22.3. The van der Waals surface area contributed by atoms with Gasteiger partial charge in [0.05, 0.1) is 0 Å². The highest BCUT2D eigenvalue weighted by Gasteiger charge is 2.10. The van der Waals surface area contributed by atoms with Gasteiger partial charge in [0.25, 0.3) is 0 Å². The van der Waals surface area contributed by atoms with Gasteiger partial charge in [-0.3, -0.25) is 0 Å². The minimum atomic E-state index is -0.474. The summed E-state index contributed by atoms with van der Waals surface area (Å²) in [6.07, 6.45) is 4.61. The predicted molar refractivity (Wildman–Crippen MR) is 68.7 cm³/mol. The molecular weight excluding hydrogens is 234 g/mol. The Morgan fingerprint density at radius 1 is 1.33 bits per heavy atom. The molecule has 0 aromatic carbocycles. The molecule has 0 bridgehead atoms. The fourth-order valence-electron chi connectivity index (χ4n) is 0.842. The highest BCUT2D eigenvalue weighted by molar-refractivity contribution is 5.86. The van der Waals surface area contributed by atoms with E-state index in [4.69, 9.17) is 9.47 Å². The SMILES string of the molecule is C=CCOC(=O)C(C)N/C=C/COC(=O)C(=C)C. The van der Waals surface area contributed by atoms with Crippen LogP contribution in [-0.4, -0.2) is 31.2 Å². The van der Waals surface area contributed by atoms with Crippen molar-refractivity contribution in [3.05, 3.63) is 37.1 Å². The maximum Gasteiger partial charge on any atom is 0.333 e. The lowest BCUT2D eigenvalue weighted by Crippen LogP contribution is -2.31. The molecule has 0 aliphatic heterocycles. The van der Waals surface area contributed by atoms with E-state index in [0.29, 0.717) is 5.57 Å². The standard InChI is InChI=1S/C13H19NO4/c1-5-8-17-13(16)11(4)14-7-6-9-18-12(15)10(2)3/h5-7,11,14H,1-2,8-9H2,3-4H3/b7-6+. The lowest BCUT2D eigenvalue weighted by atomic mass is 10.3. The summed E-state index contributed by atoms with van der Waals surface area (Å²) in [6.45, 7) is 10.4. The average molecular weight is 253 g/mol. The molecule has 1 N–H and O–H groups in total. The van der Waals surface area contributed by atoms with Crippen LogP contribution in [0.4, 0.5) is 0 Å². The van der Waals surface area contributed by atoms with Crippen LogP contribution in [0.1, 0.15) is 13.8 Å². The second-order valence-corrected chi connectivity index (χ2v) is 3.59. The van der Waals surface area contributed by atoms with Crippen molar-refractivity contribution in [2.24, 2.45) is 0 Å². The van der Waals surface area contributed by atoms with Gasteiger partial charge in [-0.2, -0.15) is 0 Å². The van der Waals surface area contributed by atoms with E-state index in [1.807, 2.05) is 0 Å². The molecule has 0 radical (unpaired) electrons. The highest BCUT2D eigenvalue weighted by atomic mass is 16.5. The van der Waals surface area contributed by atoms with Crippen LogP contribution in [0.5, 0.6) is 0 Å². The third-order valence-corrected chi connectivity index (χ3v) is 1.82. The number of nitrogens with one attached hydrogen (secondary N) is 1. The number of carbonyl (C=O) groups is 2. The number of ether oxygens (including phenoxy) is 2. The molecule has 0 amide bonds. The molecule has 0 heterocycles. The molecular formula is C13H19NO4. The van der Waals surface area contributed by atoms with Crippen LogP contribution in [0.2, 0.25) is 0 Å². The first-order valence-electron chi connectivity index (χ1n) is 5.50. The summed E-state index contributed by atoms with van der Waals surface area (Å²) >= 11 is 0. The molecule has 5 heteroatoms. The van der Waals surface area contributed by atoms with E-state index in [1.54, 1.807) is 19.9 Å². The van der Waals surface area contributed by atoms with Crippen LogP contribution in [-0.2, 0) is 19.1 Å². The smallest absolute Gasteiger partial charge is 0.333 e. The molecule has 100 valence electrons. The minimum Gasteiger partial charge on any atom is -0.460 e. The summed E-state index contributed by atoms with van der Waals surface area (Å²) in [6, 6.07) is -0.474. The Morgan fingerprint density at radius 2 is 2.00 bits per heavy atom. The number of carbonyl (C=O) groups excluding carboxylic acids is 2. The Morgan fingerprint density at radius 3 is 2.56 bits per heavy atom. The van der Waals surface area contributed by atoms with Gasteiger partial charge in [0, 0.05) is 5.57 Å². The van der Waals surface area contributed by atoms with E-state index in [-0.39, 0.29) is 19.2 Å². The van der Waals surface area contributed by atoms with Gasteiger partial charge in [-0.05, 0) is 26.1 Å². The van der Waals surface area contributed by atoms with E-state index in [1.165, 1.54) is 12.3 Å². The molecule has 0 fully saturated rings. The first-order valence-corrected chi connectivity index (χ1v) is 5.50. The van der Waals surface area contributed by atoms with Crippen molar-refractivity contribution in [2.45, 2.75) is 19.9 Å². The summed E-state index contributed by atoms with van der Waals surface area (Å²) in [5, 5.41) is 2.79. The van der Waals surface area contributed by atoms with Crippen LogP contribution < -0.4 is 5.32 Å². The number of rotatable bonds is 8. The van der Waals surface area contributed by atoms with E-state index in [2.05, 4.69) is 18.5 Å². The maximum absolute atomic E-state index is 11.3. The summed E-state index contributed by atoms with van der Waals surface area (Å²) in [5.74, 6) is -0.823. The first-order chi connectivity index (χ1) is 8.49. The highest BCUT2D eigenvalue weighted by Crippen LogP contribution is 1.92. The molecule has 18 heavy (non-hydrogen) atoms. The summed E-state index contributed by atoms with van der Waals surface area (Å²) in [7, 11) is 0. The molecule has 0 aromatic rings. The summed E-state index contributed by atoms with van der Waals surface area (Å²) in [5.41, 5.74) is 0.345. The van der Waals surface area contributed by atoms with E-state index in [0.717, 1.165) is 0 Å². The zero-order valence-electron chi connectivity index (χ0n) is 10.8. The fraction of sp³-hybridized carbons (Fsp3) is 0.385. The van der Waals surface area contributed by atoms with Gasteiger partial charge in [0.2, 0.25) is 0 Å². The first kappa shape index (κ1) is 16.0. The molecule has 0 saturated carbocycles. The van der Waals surface area contributed by atoms with Crippen LogP contribution in [0.25, 0.3) is 0 Å². The third-order valence-electron chi connectivity index (χ3n) is 1.82. The molecule has 0 aliphatic rings. The molecule has 0 aromatic heterocycles. The molecule has 0 saturated heterocycles. The number of hydrogen-bond donors (Lipinski definition) is 1. The lowest BCUT2D eigenvalue weighted by molar-refractivity contribution is -0.144. The number of hydrogen-bond acceptors (Lipinski definition) is 5. The minimum absolute atomic E-state index is 0.118. The fourth-order valence-corrected chi connectivity index (χ4v) is 0.842. The average Bonchev–Trinajstić information content (AvgIpc) is 2.34. The molecule has 1 unspecified atom stereocenters. The van der Waals surface area contributed by atoms with Gasteiger partial charge in [-0.25, -0.2) is 9.59 Å². The number of esters is 2. The zero-order chi connectivity index (χ0) is 14.0. The van der Waals surface area contributed by atoms with Gasteiger partial charge >= 0.3 is 11.9 Å². The Labute approximate surface area is 107 Å². The monoisotopic (exact) mass is 253 g/mol. The molecule has 0 spiro atoms. The van der Waals surface area contributed by atoms with Crippen molar-refractivity contribution in [1.82, 2.24) is 5.32 Å². The van der Waals surface area contributed by atoms with Crippen molar-refractivity contribution < 1.29 is 19.1 Å². The van der Waals surface area contributed by atoms with Crippen molar-refractivity contribution >= 4 is 11.9 Å². The van der Waals surface area contributed by atoms with Crippen molar-refractivity contribution in [3.8, 4) is 0 Å². The largest absolute Gasteiger partial charge is 0.460 e. The second kappa shape index (κ2) is 9.04. The van der Waals surface area contributed by atoms with Gasteiger partial charge in [-0.15, -0.1) is 0 Å². The quantitative estimate of drug-likeness (QED) is 0.401. The van der Waals surface area contributed by atoms with Gasteiger partial charge in [0.1, 0.15) is 19.3 Å². The topological polar surface area (TPSA) is 64.6 Å². The van der Waals surface area contributed by atoms with Crippen LogP contribution in [0.15, 0.2) is 37.1 Å². The molecule has 5 nitrogen and oxygen atoms in total. The van der Waals surface area contributed by atoms with Crippen molar-refractivity contribution in [3.63, 3.8) is 0 Å². The lowest BCUT2D eigenvalue weighted by Gasteiger charge is -2.10. The molecule has 1 atom stereocenters. The predicted octanol–water partition coefficient (Wildman–Crippen LogP) is 1.33. The van der Waals surface area contributed by atoms with Crippen LogP contribution >= 0.6 is 0 Å². The van der Waals surface area contributed by atoms with Crippen molar-refractivity contribution in [2.75, 3.05) is 13.2 Å². The third kappa shape index (κ3) is 7.27. The van der Waals surface area contributed by atoms with Gasteiger partial charge < -0.3 is 14.8 Å². The van der Waals surface area contributed by atoms with Crippen LogP contribution in [0, 0.1) is 0 Å². The van der Waals surface area contributed by atoms with Gasteiger partial charge in [-0.1, -0.05) is 19.2 Å². The van der Waals surface area contributed by atoms with E-state index < -0.39 is 12.0 Å².